The molecule has 0 aliphatic heterocycles. The first kappa shape index (κ1) is 18.8. The highest BCUT2D eigenvalue weighted by Crippen LogP contribution is 2.43. The summed E-state index contributed by atoms with van der Waals surface area (Å²) in [4.78, 5) is -0.187. The molecule has 0 atom stereocenters. The van der Waals surface area contributed by atoms with E-state index in [1.165, 1.54) is 19.2 Å². The molecule has 0 aliphatic rings. The molecule has 0 saturated carbocycles. The van der Waals surface area contributed by atoms with E-state index in [0.717, 1.165) is 22.9 Å². The predicted octanol–water partition coefficient (Wildman–Crippen LogP) is 3.04. The number of hydrogen-bond donors (Lipinski definition) is 2. The van der Waals surface area contributed by atoms with Crippen molar-refractivity contribution in [1.29, 1.82) is 0 Å². The average Bonchev–Trinajstić information content (AvgIpc) is 3.03. The molecule has 0 spiro atoms. The van der Waals surface area contributed by atoms with Crippen molar-refractivity contribution in [3.63, 3.8) is 0 Å². The summed E-state index contributed by atoms with van der Waals surface area (Å²) >= 11 is 0. The van der Waals surface area contributed by atoms with Crippen molar-refractivity contribution in [2.75, 3.05) is 14.2 Å². The molecular weight excluding hydrogens is 398 g/mol. The number of ether oxygens (including phenoxy) is 2. The maximum Gasteiger partial charge on any atom is 0.357 e. The topological polar surface area (TPSA) is 107 Å². The molecule has 150 valence electrons. The Morgan fingerprint density at radius 1 is 0.759 bits per heavy atom. The lowest BCUT2D eigenvalue weighted by atomic mass is 10.0. The van der Waals surface area contributed by atoms with Gasteiger partial charge in [0.2, 0.25) is 11.8 Å². The molecule has 0 bridgehead atoms. The molecule has 4 rings (SSSR count). The zero-order valence-electron chi connectivity index (χ0n) is 15.5. The van der Waals surface area contributed by atoms with E-state index in [1.807, 2.05) is 24.3 Å². The van der Waals surface area contributed by atoms with Gasteiger partial charge in [0.1, 0.15) is 16.4 Å². The molecule has 4 aromatic rings. The number of nitrogens with zero attached hydrogens (tertiary/aromatic N) is 1. The summed E-state index contributed by atoms with van der Waals surface area (Å²) in [7, 11) is -1.33. The van der Waals surface area contributed by atoms with Gasteiger partial charge in [-0.15, -0.1) is 0 Å². The van der Waals surface area contributed by atoms with Crippen LogP contribution in [-0.4, -0.2) is 37.6 Å². The number of aromatic hydroxyl groups is 2. The average molecular weight is 415 g/mol. The second-order valence-corrected chi connectivity index (χ2v) is 7.72. The summed E-state index contributed by atoms with van der Waals surface area (Å²) < 4.78 is 41.9. The number of rotatable bonds is 5. The molecule has 0 fully saturated rings. The zero-order valence-corrected chi connectivity index (χ0v) is 16.3. The Balaban J connectivity index is 1.95. The second-order valence-electron chi connectivity index (χ2n) is 6.19. The molecule has 1 aromatic heterocycles. The summed E-state index contributed by atoms with van der Waals surface area (Å²) in [5.74, 6) is -0.0451. The van der Waals surface area contributed by atoms with Gasteiger partial charge in [0.05, 0.1) is 14.2 Å². The summed E-state index contributed by atoms with van der Waals surface area (Å²) in [6, 6.07) is 14.0. The first-order chi connectivity index (χ1) is 13.9. The van der Waals surface area contributed by atoms with Crippen molar-refractivity contribution in [3.8, 4) is 23.3 Å². The van der Waals surface area contributed by atoms with E-state index in [-0.39, 0.29) is 4.90 Å². The van der Waals surface area contributed by atoms with Gasteiger partial charge in [0.15, 0.2) is 0 Å². The molecule has 0 aliphatic carbocycles. The van der Waals surface area contributed by atoms with Crippen molar-refractivity contribution in [2.45, 2.75) is 4.90 Å². The van der Waals surface area contributed by atoms with Gasteiger partial charge in [0, 0.05) is 33.7 Å². The van der Waals surface area contributed by atoms with Crippen LogP contribution in [0.2, 0.25) is 0 Å². The van der Waals surface area contributed by atoms with Crippen LogP contribution >= 0.6 is 0 Å². The Morgan fingerprint density at radius 3 is 1.83 bits per heavy atom. The highest BCUT2D eigenvalue weighted by atomic mass is 32.2. The fraction of sp³-hybridized carbons (Fsp3) is 0.100. The molecule has 1 heterocycles. The lowest BCUT2D eigenvalue weighted by molar-refractivity contribution is 0.203. The molecule has 0 saturated heterocycles. The SMILES string of the molecule is COc1c2ccccc2c(OC)c2cc(S(=O)(=O)On3c(O)ccc3O)ccc12. The predicted molar refractivity (Wildman–Crippen MR) is 106 cm³/mol. The first-order valence-corrected chi connectivity index (χ1v) is 9.89. The van der Waals surface area contributed by atoms with E-state index in [1.54, 1.807) is 13.2 Å². The van der Waals surface area contributed by atoms with Crippen LogP contribution < -0.4 is 13.8 Å². The molecule has 2 N–H and O–H groups in total. The second kappa shape index (κ2) is 6.78. The quantitative estimate of drug-likeness (QED) is 0.483. The van der Waals surface area contributed by atoms with Crippen molar-refractivity contribution in [2.24, 2.45) is 0 Å². The number of benzene rings is 3. The van der Waals surface area contributed by atoms with Crippen LogP contribution in [0.25, 0.3) is 21.5 Å². The van der Waals surface area contributed by atoms with E-state index >= 15 is 0 Å². The Hall–Kier alpha value is -3.59. The normalized spacial score (nSPS) is 11.7. The van der Waals surface area contributed by atoms with E-state index in [2.05, 4.69) is 0 Å². The summed E-state index contributed by atoms with van der Waals surface area (Å²) in [5, 5.41) is 22.1. The minimum absolute atomic E-state index is 0.187. The van der Waals surface area contributed by atoms with E-state index in [0.29, 0.717) is 27.0 Å². The van der Waals surface area contributed by atoms with Crippen LogP contribution in [-0.2, 0) is 10.1 Å². The lowest BCUT2D eigenvalue weighted by Gasteiger charge is -2.16. The lowest BCUT2D eigenvalue weighted by Crippen LogP contribution is -2.19. The maximum atomic E-state index is 12.7. The molecule has 3 aromatic carbocycles. The van der Waals surface area contributed by atoms with Crippen LogP contribution in [0.4, 0.5) is 0 Å². The number of fused-ring (bicyclic) bond motifs is 2. The third-order valence-corrected chi connectivity index (χ3v) is 5.74. The molecular formula is C20H17NO7S. The third kappa shape index (κ3) is 2.95. The standard InChI is InChI=1S/C20H17NO7S/c1-26-19-13-5-3-4-6-14(13)20(27-2)16-11-12(7-8-15(16)19)29(24,25)28-21-17(22)9-10-18(21)23/h3-11,22-23H,1-2H3. The van der Waals surface area contributed by atoms with Gasteiger partial charge in [-0.1, -0.05) is 29.0 Å². The van der Waals surface area contributed by atoms with E-state index in [4.69, 9.17) is 13.8 Å². The molecule has 8 nitrogen and oxygen atoms in total. The highest BCUT2D eigenvalue weighted by Gasteiger charge is 2.23. The van der Waals surface area contributed by atoms with E-state index in [9.17, 15) is 18.6 Å². The van der Waals surface area contributed by atoms with E-state index < -0.39 is 21.9 Å². The van der Waals surface area contributed by atoms with Crippen molar-refractivity contribution < 1.29 is 32.4 Å². The van der Waals surface area contributed by atoms with Gasteiger partial charge in [-0.2, -0.15) is 8.42 Å². The molecule has 0 radical (unpaired) electrons. The number of aromatic nitrogens is 1. The van der Waals surface area contributed by atoms with Crippen molar-refractivity contribution in [1.82, 2.24) is 4.73 Å². The number of methoxy groups -OCH3 is 2. The molecule has 9 heteroatoms. The molecule has 0 unspecified atom stereocenters. The Kier molecular flexibility index (Phi) is 4.39. The van der Waals surface area contributed by atoms with Crippen LogP contribution in [0.15, 0.2) is 59.5 Å². The van der Waals surface area contributed by atoms with Crippen LogP contribution in [0.3, 0.4) is 0 Å². The fourth-order valence-corrected chi connectivity index (χ4v) is 4.23. The monoisotopic (exact) mass is 415 g/mol. The van der Waals surface area contributed by atoms with Gasteiger partial charge in [-0.3, -0.25) is 4.28 Å². The Labute approximate surface area is 166 Å². The Morgan fingerprint density at radius 2 is 1.28 bits per heavy atom. The number of hydrogen-bond acceptors (Lipinski definition) is 7. The highest BCUT2D eigenvalue weighted by molar-refractivity contribution is 7.87. The van der Waals surface area contributed by atoms with Crippen molar-refractivity contribution >= 4 is 31.7 Å². The molecule has 29 heavy (non-hydrogen) atoms. The van der Waals surface area contributed by atoms with Gasteiger partial charge in [-0.25, -0.2) is 0 Å². The van der Waals surface area contributed by atoms with Crippen LogP contribution in [0.1, 0.15) is 0 Å². The minimum atomic E-state index is -4.37. The summed E-state index contributed by atoms with van der Waals surface area (Å²) in [6.07, 6.45) is 0. The fourth-order valence-electron chi connectivity index (χ4n) is 3.29. The first-order valence-electron chi connectivity index (χ1n) is 8.48. The van der Waals surface area contributed by atoms with Crippen LogP contribution in [0, 0.1) is 0 Å². The molecule has 0 amide bonds. The van der Waals surface area contributed by atoms with Crippen LogP contribution in [0.5, 0.6) is 23.3 Å². The third-order valence-electron chi connectivity index (χ3n) is 4.56. The van der Waals surface area contributed by atoms with Gasteiger partial charge in [0.25, 0.3) is 0 Å². The summed E-state index contributed by atoms with van der Waals surface area (Å²) in [5.41, 5.74) is 0. The summed E-state index contributed by atoms with van der Waals surface area (Å²) in [6.45, 7) is 0. The zero-order chi connectivity index (χ0) is 20.8. The maximum absolute atomic E-state index is 12.7. The smallest absolute Gasteiger partial charge is 0.357 e. The van der Waals surface area contributed by atoms with Gasteiger partial charge >= 0.3 is 10.1 Å². The largest absolute Gasteiger partial charge is 0.495 e. The van der Waals surface area contributed by atoms with Crippen molar-refractivity contribution in [3.05, 3.63) is 54.6 Å². The van der Waals surface area contributed by atoms with Gasteiger partial charge in [-0.05, 0) is 18.2 Å². The van der Waals surface area contributed by atoms with Gasteiger partial charge < -0.3 is 19.7 Å². The minimum Gasteiger partial charge on any atom is -0.495 e. The Bertz CT molecular complexity index is 1320.